The number of anilines is 1. The fourth-order valence-electron chi connectivity index (χ4n) is 3.79. The summed E-state index contributed by atoms with van der Waals surface area (Å²) in [5.74, 6) is 3.17. The summed E-state index contributed by atoms with van der Waals surface area (Å²) in [6.45, 7) is 10.4. The first-order valence-electron chi connectivity index (χ1n) is 12.1. The van der Waals surface area contributed by atoms with Gasteiger partial charge in [0.25, 0.3) is 0 Å². The molecule has 2 aliphatic heterocycles. The summed E-state index contributed by atoms with van der Waals surface area (Å²) in [5.41, 5.74) is 0.935. The maximum atomic E-state index is 5.84. The Morgan fingerprint density at radius 1 is 1.15 bits per heavy atom. The van der Waals surface area contributed by atoms with Crippen molar-refractivity contribution < 1.29 is 18.9 Å². The van der Waals surface area contributed by atoms with Gasteiger partial charge in [-0.2, -0.15) is 0 Å². The number of halogens is 1. The van der Waals surface area contributed by atoms with Gasteiger partial charge in [-0.15, -0.1) is 24.0 Å². The smallest absolute Gasteiger partial charge is 0.195 e. The minimum atomic E-state index is 0. The van der Waals surface area contributed by atoms with Crippen LogP contribution in [0.25, 0.3) is 0 Å². The quantitative estimate of drug-likeness (QED) is 0.192. The van der Waals surface area contributed by atoms with Gasteiger partial charge in [0.2, 0.25) is 0 Å². The topological polar surface area (TPSA) is 76.6 Å². The Bertz CT molecular complexity index is 741. The van der Waals surface area contributed by atoms with Crippen LogP contribution >= 0.6 is 24.0 Å². The molecule has 1 aromatic carbocycles. The van der Waals surface area contributed by atoms with Crippen molar-refractivity contribution in [1.82, 2.24) is 10.2 Å². The van der Waals surface area contributed by atoms with Crippen molar-refractivity contribution in [3.63, 3.8) is 0 Å². The number of rotatable bonds is 10. The summed E-state index contributed by atoms with van der Waals surface area (Å²) in [5, 5.41) is 6.91. The highest BCUT2D eigenvalue weighted by Crippen LogP contribution is 2.32. The normalized spacial score (nSPS) is 19.8. The summed E-state index contributed by atoms with van der Waals surface area (Å²) >= 11 is 0. The molecule has 1 unspecified atom stereocenters. The third-order valence-electron chi connectivity index (χ3n) is 6.00. The molecular weight excluding hydrogens is 535 g/mol. The predicted molar refractivity (Wildman–Crippen MR) is 141 cm³/mol. The van der Waals surface area contributed by atoms with Gasteiger partial charge in [-0.05, 0) is 44.2 Å². The molecule has 2 N–H and O–H groups in total. The average Bonchev–Trinajstić information content (AvgIpc) is 3.67. The number of hydrogen-bond acceptors (Lipinski definition) is 6. The molecule has 1 aliphatic carbocycles. The summed E-state index contributed by atoms with van der Waals surface area (Å²) in [7, 11) is 0. The molecule has 8 nitrogen and oxygen atoms in total. The van der Waals surface area contributed by atoms with Crippen LogP contribution in [-0.2, 0) is 9.47 Å². The molecule has 4 rings (SSSR count). The van der Waals surface area contributed by atoms with E-state index in [9.17, 15) is 0 Å². The first-order chi connectivity index (χ1) is 15.8. The largest absolute Gasteiger partial charge is 0.490 e. The van der Waals surface area contributed by atoms with Crippen LogP contribution in [0.2, 0.25) is 0 Å². The van der Waals surface area contributed by atoms with Crippen LogP contribution in [0.3, 0.4) is 0 Å². The van der Waals surface area contributed by atoms with E-state index in [1.165, 1.54) is 12.8 Å². The highest BCUT2D eigenvalue weighted by molar-refractivity contribution is 14.0. The predicted octanol–water partition coefficient (Wildman–Crippen LogP) is 3.36. The van der Waals surface area contributed by atoms with Crippen molar-refractivity contribution in [3.05, 3.63) is 18.2 Å². The van der Waals surface area contributed by atoms with Crippen molar-refractivity contribution in [1.29, 1.82) is 0 Å². The van der Waals surface area contributed by atoms with Crippen LogP contribution < -0.4 is 20.1 Å². The van der Waals surface area contributed by atoms with E-state index in [1.807, 2.05) is 18.2 Å². The zero-order valence-electron chi connectivity index (χ0n) is 19.7. The van der Waals surface area contributed by atoms with E-state index >= 15 is 0 Å². The molecule has 2 fully saturated rings. The van der Waals surface area contributed by atoms with Gasteiger partial charge in [-0.25, -0.2) is 0 Å². The summed E-state index contributed by atoms with van der Waals surface area (Å²) in [6.07, 6.45) is 4.51. The molecule has 1 saturated carbocycles. The van der Waals surface area contributed by atoms with E-state index in [2.05, 4.69) is 22.5 Å². The molecule has 1 atom stereocenters. The second kappa shape index (κ2) is 14.2. The van der Waals surface area contributed by atoms with Gasteiger partial charge in [-0.1, -0.05) is 0 Å². The van der Waals surface area contributed by atoms with E-state index in [1.54, 1.807) is 0 Å². The second-order valence-corrected chi connectivity index (χ2v) is 8.82. The molecule has 9 heteroatoms. The minimum absolute atomic E-state index is 0. The van der Waals surface area contributed by atoms with Crippen molar-refractivity contribution in [2.24, 2.45) is 10.9 Å². The van der Waals surface area contributed by atoms with Crippen LogP contribution in [0.5, 0.6) is 11.5 Å². The lowest BCUT2D eigenvalue weighted by atomic mass is 10.2. The standard InChI is InChI=1S/C24H38N4O4.HI/c1-19(28-9-14-29-15-10-28)17-26-24(25-8-2-11-30-18-20-4-5-20)27-21-6-7-22-23(16-21)32-13-3-12-31-22;/h6-7,16,19-20H,2-5,8-15,17-18H2,1H3,(H2,25,26,27);1H. The molecule has 186 valence electrons. The van der Waals surface area contributed by atoms with E-state index in [4.69, 9.17) is 23.9 Å². The number of hydrogen-bond donors (Lipinski definition) is 2. The van der Waals surface area contributed by atoms with Gasteiger partial charge in [0.1, 0.15) is 0 Å². The van der Waals surface area contributed by atoms with Crippen molar-refractivity contribution in [3.8, 4) is 11.5 Å². The molecule has 0 amide bonds. The molecule has 0 spiro atoms. The Balaban J connectivity index is 0.00000306. The van der Waals surface area contributed by atoms with Crippen LogP contribution in [-0.4, -0.2) is 82.7 Å². The molecule has 1 aromatic rings. The number of morpholine rings is 1. The van der Waals surface area contributed by atoms with Crippen molar-refractivity contribution >= 4 is 35.6 Å². The van der Waals surface area contributed by atoms with Crippen LogP contribution in [0.4, 0.5) is 5.69 Å². The van der Waals surface area contributed by atoms with Crippen LogP contribution in [0.15, 0.2) is 23.2 Å². The number of nitrogens with one attached hydrogen (secondary N) is 2. The number of fused-ring (bicyclic) bond motifs is 1. The Labute approximate surface area is 214 Å². The molecule has 33 heavy (non-hydrogen) atoms. The van der Waals surface area contributed by atoms with E-state index < -0.39 is 0 Å². The zero-order chi connectivity index (χ0) is 22.0. The molecule has 3 aliphatic rings. The van der Waals surface area contributed by atoms with Crippen molar-refractivity contribution in [2.75, 3.05) is 71.1 Å². The van der Waals surface area contributed by atoms with E-state index in [0.717, 1.165) is 94.5 Å². The minimum Gasteiger partial charge on any atom is -0.490 e. The number of aliphatic imine (C=N–C) groups is 1. The molecule has 0 bridgehead atoms. The Kier molecular flexibility index (Phi) is 11.3. The fraction of sp³-hybridized carbons (Fsp3) is 0.708. The first-order valence-corrected chi connectivity index (χ1v) is 12.1. The van der Waals surface area contributed by atoms with Gasteiger partial charge < -0.3 is 29.6 Å². The monoisotopic (exact) mass is 574 g/mol. The van der Waals surface area contributed by atoms with Gasteiger partial charge in [0.05, 0.1) is 33.0 Å². The highest BCUT2D eigenvalue weighted by Gasteiger charge is 2.21. The molecule has 2 heterocycles. The lowest BCUT2D eigenvalue weighted by Gasteiger charge is -2.31. The van der Waals surface area contributed by atoms with Crippen LogP contribution in [0.1, 0.15) is 32.6 Å². The lowest BCUT2D eigenvalue weighted by molar-refractivity contribution is 0.0220. The lowest BCUT2D eigenvalue weighted by Crippen LogP contribution is -2.44. The third kappa shape index (κ3) is 9.11. The number of ether oxygens (including phenoxy) is 4. The third-order valence-corrected chi connectivity index (χ3v) is 6.00. The van der Waals surface area contributed by atoms with E-state index in [0.29, 0.717) is 19.3 Å². The number of guanidine groups is 1. The van der Waals surface area contributed by atoms with Crippen LogP contribution in [0, 0.1) is 5.92 Å². The summed E-state index contributed by atoms with van der Waals surface area (Å²) in [6, 6.07) is 6.32. The highest BCUT2D eigenvalue weighted by atomic mass is 127. The number of nitrogens with zero attached hydrogens (tertiary/aromatic N) is 2. The molecule has 1 saturated heterocycles. The Morgan fingerprint density at radius 3 is 2.73 bits per heavy atom. The van der Waals surface area contributed by atoms with Gasteiger partial charge in [0.15, 0.2) is 17.5 Å². The maximum Gasteiger partial charge on any atom is 0.195 e. The average molecular weight is 575 g/mol. The Hall–Kier alpha value is -1.30. The zero-order valence-corrected chi connectivity index (χ0v) is 22.1. The van der Waals surface area contributed by atoms with Gasteiger partial charge >= 0.3 is 0 Å². The SMILES string of the molecule is CC(CN=C(NCCCOCC1CC1)Nc1ccc2c(c1)OCCCO2)N1CCOCC1.I. The fourth-order valence-corrected chi connectivity index (χ4v) is 3.79. The van der Waals surface area contributed by atoms with Gasteiger partial charge in [-0.3, -0.25) is 9.89 Å². The first kappa shape index (κ1) is 26.3. The maximum absolute atomic E-state index is 5.84. The number of benzene rings is 1. The molecule has 0 aromatic heterocycles. The van der Waals surface area contributed by atoms with Crippen molar-refractivity contribution in [2.45, 2.75) is 38.6 Å². The second-order valence-electron chi connectivity index (χ2n) is 8.82. The van der Waals surface area contributed by atoms with Gasteiger partial charge in [0, 0.05) is 57.1 Å². The molecular formula is C24H39IN4O4. The van der Waals surface area contributed by atoms with E-state index in [-0.39, 0.29) is 24.0 Å². The summed E-state index contributed by atoms with van der Waals surface area (Å²) in [4.78, 5) is 7.31. The summed E-state index contributed by atoms with van der Waals surface area (Å²) < 4.78 is 22.8. The molecule has 0 radical (unpaired) electrons. The Morgan fingerprint density at radius 2 is 1.94 bits per heavy atom.